The number of piperazine rings is 1. The highest BCUT2D eigenvalue weighted by molar-refractivity contribution is 9.11. The molecular formula is C10H13Br2ClN2O2S. The molecule has 1 fully saturated rings. The van der Waals surface area contributed by atoms with Gasteiger partial charge < -0.3 is 5.32 Å². The number of nitrogens with zero attached hydrogens (tertiary/aromatic N) is 1. The third-order valence-electron chi connectivity index (χ3n) is 2.59. The second kappa shape index (κ2) is 6.67. The highest BCUT2D eigenvalue weighted by atomic mass is 79.9. The summed E-state index contributed by atoms with van der Waals surface area (Å²) < 4.78 is 27.7. The van der Waals surface area contributed by atoms with Crippen molar-refractivity contribution in [3.8, 4) is 0 Å². The molecule has 0 aromatic heterocycles. The average molecular weight is 421 g/mol. The standard InChI is InChI=1S/C10H12Br2N2O2S.ClH/c11-8-1-2-9(12)10(7-8)17(15,16)14-5-3-13-4-6-14;/h1-2,7,13H,3-6H2;1H. The maximum absolute atomic E-state index is 12.4. The van der Waals surface area contributed by atoms with Crippen LogP contribution >= 0.6 is 44.3 Å². The van der Waals surface area contributed by atoms with Crippen molar-refractivity contribution in [1.29, 1.82) is 0 Å². The van der Waals surface area contributed by atoms with Crippen molar-refractivity contribution in [1.82, 2.24) is 9.62 Å². The molecule has 1 aliphatic rings. The van der Waals surface area contributed by atoms with E-state index in [0.717, 1.165) is 4.47 Å². The zero-order valence-corrected chi connectivity index (χ0v) is 14.2. The second-order valence-corrected chi connectivity index (χ2v) is 7.41. The molecule has 102 valence electrons. The predicted octanol–water partition coefficient (Wildman–Crippen LogP) is 2.23. The van der Waals surface area contributed by atoms with Gasteiger partial charge in [0.05, 0.1) is 4.90 Å². The van der Waals surface area contributed by atoms with Crippen molar-refractivity contribution in [2.75, 3.05) is 26.2 Å². The van der Waals surface area contributed by atoms with Crippen LogP contribution in [0.2, 0.25) is 0 Å². The summed E-state index contributed by atoms with van der Waals surface area (Å²) >= 11 is 6.59. The molecule has 0 atom stereocenters. The molecular weight excluding hydrogens is 407 g/mol. The van der Waals surface area contributed by atoms with Crippen molar-refractivity contribution < 1.29 is 8.42 Å². The summed E-state index contributed by atoms with van der Waals surface area (Å²) in [6, 6.07) is 5.17. The largest absolute Gasteiger partial charge is 0.314 e. The molecule has 0 unspecified atom stereocenters. The molecule has 0 aliphatic carbocycles. The van der Waals surface area contributed by atoms with E-state index >= 15 is 0 Å². The molecule has 4 nitrogen and oxygen atoms in total. The smallest absolute Gasteiger partial charge is 0.244 e. The molecule has 18 heavy (non-hydrogen) atoms. The summed E-state index contributed by atoms with van der Waals surface area (Å²) in [7, 11) is -3.40. The van der Waals surface area contributed by atoms with Gasteiger partial charge in [-0.25, -0.2) is 8.42 Å². The van der Waals surface area contributed by atoms with Crippen molar-refractivity contribution in [2.24, 2.45) is 0 Å². The van der Waals surface area contributed by atoms with Gasteiger partial charge in [0.2, 0.25) is 10.0 Å². The van der Waals surface area contributed by atoms with Gasteiger partial charge in [-0.1, -0.05) is 15.9 Å². The monoisotopic (exact) mass is 418 g/mol. The second-order valence-electron chi connectivity index (χ2n) is 3.73. The third-order valence-corrected chi connectivity index (χ3v) is 5.97. The first-order valence-corrected chi connectivity index (χ1v) is 8.20. The molecule has 1 aromatic carbocycles. The summed E-state index contributed by atoms with van der Waals surface area (Å²) in [6.45, 7) is 2.43. The zero-order chi connectivity index (χ0) is 12.5. The number of sulfonamides is 1. The minimum atomic E-state index is -3.40. The van der Waals surface area contributed by atoms with Gasteiger partial charge in [0, 0.05) is 35.1 Å². The van der Waals surface area contributed by atoms with Crippen LogP contribution in [0.4, 0.5) is 0 Å². The minimum Gasteiger partial charge on any atom is -0.314 e. The van der Waals surface area contributed by atoms with Crippen LogP contribution in [0.25, 0.3) is 0 Å². The fourth-order valence-corrected chi connectivity index (χ4v) is 4.60. The number of benzene rings is 1. The molecule has 1 N–H and O–H groups in total. The number of nitrogens with one attached hydrogen (secondary N) is 1. The molecule has 0 bridgehead atoms. The Morgan fingerprint density at radius 1 is 1.17 bits per heavy atom. The van der Waals surface area contributed by atoms with Gasteiger partial charge in [-0.05, 0) is 34.1 Å². The van der Waals surface area contributed by atoms with E-state index in [0.29, 0.717) is 35.5 Å². The average Bonchev–Trinajstić information content (AvgIpc) is 2.33. The fraction of sp³-hybridized carbons (Fsp3) is 0.400. The van der Waals surface area contributed by atoms with Gasteiger partial charge in [0.1, 0.15) is 0 Å². The Hall–Kier alpha value is 0.340. The molecule has 1 saturated heterocycles. The lowest BCUT2D eigenvalue weighted by molar-refractivity contribution is 0.360. The Kier molecular flexibility index (Phi) is 6.08. The van der Waals surface area contributed by atoms with Gasteiger partial charge in [-0.3, -0.25) is 0 Å². The van der Waals surface area contributed by atoms with Crippen LogP contribution < -0.4 is 5.32 Å². The maximum Gasteiger partial charge on any atom is 0.244 e. The van der Waals surface area contributed by atoms with Crippen LogP contribution in [-0.4, -0.2) is 38.9 Å². The van der Waals surface area contributed by atoms with Gasteiger partial charge in [0.15, 0.2) is 0 Å². The molecule has 1 aromatic rings. The van der Waals surface area contributed by atoms with Gasteiger partial charge in [-0.2, -0.15) is 4.31 Å². The zero-order valence-electron chi connectivity index (χ0n) is 9.40. The molecule has 0 radical (unpaired) electrons. The summed E-state index contributed by atoms with van der Waals surface area (Å²) in [5.74, 6) is 0. The van der Waals surface area contributed by atoms with Crippen LogP contribution in [0.3, 0.4) is 0 Å². The summed E-state index contributed by atoms with van der Waals surface area (Å²) in [6.07, 6.45) is 0. The van der Waals surface area contributed by atoms with Crippen molar-refractivity contribution in [3.05, 3.63) is 27.1 Å². The number of rotatable bonds is 2. The van der Waals surface area contributed by atoms with Crippen LogP contribution in [0.5, 0.6) is 0 Å². The number of hydrogen-bond donors (Lipinski definition) is 1. The highest BCUT2D eigenvalue weighted by Crippen LogP contribution is 2.28. The van der Waals surface area contributed by atoms with Crippen molar-refractivity contribution in [2.45, 2.75) is 4.90 Å². The van der Waals surface area contributed by atoms with E-state index < -0.39 is 10.0 Å². The van der Waals surface area contributed by atoms with E-state index in [1.165, 1.54) is 4.31 Å². The van der Waals surface area contributed by atoms with Crippen molar-refractivity contribution in [3.63, 3.8) is 0 Å². The first-order valence-electron chi connectivity index (χ1n) is 5.18. The topological polar surface area (TPSA) is 49.4 Å². The van der Waals surface area contributed by atoms with E-state index in [1.807, 2.05) is 0 Å². The van der Waals surface area contributed by atoms with Crippen LogP contribution in [0.1, 0.15) is 0 Å². The Balaban J connectivity index is 0.00000162. The van der Waals surface area contributed by atoms with E-state index in [1.54, 1.807) is 18.2 Å². The molecule has 2 rings (SSSR count). The van der Waals surface area contributed by atoms with E-state index in [9.17, 15) is 8.42 Å². The molecule has 8 heteroatoms. The van der Waals surface area contributed by atoms with Crippen molar-refractivity contribution >= 4 is 54.3 Å². The first-order chi connectivity index (χ1) is 8.01. The third kappa shape index (κ3) is 3.46. The van der Waals surface area contributed by atoms with Crippen LogP contribution in [0, 0.1) is 0 Å². The minimum absolute atomic E-state index is 0. The Bertz CT molecular complexity index is 519. The quantitative estimate of drug-likeness (QED) is 0.798. The molecule has 0 amide bonds. The van der Waals surface area contributed by atoms with E-state index in [-0.39, 0.29) is 12.4 Å². The Morgan fingerprint density at radius 2 is 1.78 bits per heavy atom. The SMILES string of the molecule is Cl.O=S(=O)(c1cc(Br)ccc1Br)N1CCNCC1. The maximum atomic E-state index is 12.4. The lowest BCUT2D eigenvalue weighted by atomic mass is 10.4. The summed E-state index contributed by atoms with van der Waals surface area (Å²) in [5.41, 5.74) is 0. The highest BCUT2D eigenvalue weighted by Gasteiger charge is 2.27. The van der Waals surface area contributed by atoms with Gasteiger partial charge in [-0.15, -0.1) is 12.4 Å². The van der Waals surface area contributed by atoms with Crippen LogP contribution in [0.15, 0.2) is 32.0 Å². The molecule has 0 spiro atoms. The lowest BCUT2D eigenvalue weighted by Crippen LogP contribution is -2.46. The summed E-state index contributed by atoms with van der Waals surface area (Å²) in [4.78, 5) is 0.314. The Morgan fingerprint density at radius 3 is 2.39 bits per heavy atom. The number of halogens is 3. The number of hydrogen-bond acceptors (Lipinski definition) is 3. The molecule has 1 heterocycles. The Labute approximate surface area is 130 Å². The predicted molar refractivity (Wildman–Crippen MR) is 80.7 cm³/mol. The van der Waals surface area contributed by atoms with Gasteiger partial charge >= 0.3 is 0 Å². The first kappa shape index (κ1) is 16.4. The fourth-order valence-electron chi connectivity index (χ4n) is 1.70. The molecule has 1 aliphatic heterocycles. The van der Waals surface area contributed by atoms with Crippen LogP contribution in [-0.2, 0) is 10.0 Å². The molecule has 0 saturated carbocycles. The summed E-state index contributed by atoms with van der Waals surface area (Å²) in [5, 5.41) is 3.14. The van der Waals surface area contributed by atoms with Gasteiger partial charge in [0.25, 0.3) is 0 Å². The lowest BCUT2D eigenvalue weighted by Gasteiger charge is -2.27. The normalized spacial score (nSPS) is 17.2. The van der Waals surface area contributed by atoms with E-state index in [4.69, 9.17) is 0 Å². The van der Waals surface area contributed by atoms with E-state index in [2.05, 4.69) is 37.2 Å².